The van der Waals surface area contributed by atoms with E-state index >= 15 is 0 Å². The first-order valence-corrected chi connectivity index (χ1v) is 5.02. The van der Waals surface area contributed by atoms with Crippen LogP contribution in [-0.4, -0.2) is 11.5 Å². The molecular weight excluding hydrogens is 208 g/mol. The zero-order valence-corrected chi connectivity index (χ0v) is 8.55. The van der Waals surface area contributed by atoms with Gasteiger partial charge in [-0.25, -0.2) is 0 Å². The van der Waals surface area contributed by atoms with Crippen molar-refractivity contribution < 1.29 is 9.66 Å². The highest BCUT2D eigenvalue weighted by atomic mass is 16.6. The molecule has 5 heteroatoms. The largest absolute Gasteiger partial charge is 0.492 e. The van der Waals surface area contributed by atoms with Crippen LogP contribution in [0, 0.1) is 27.4 Å². The molecular formula is C11H10N2O3. The van der Waals surface area contributed by atoms with Crippen molar-refractivity contribution in [1.29, 1.82) is 5.26 Å². The summed E-state index contributed by atoms with van der Waals surface area (Å²) in [5, 5.41) is 19.6. The van der Waals surface area contributed by atoms with Crippen molar-refractivity contribution >= 4 is 5.69 Å². The van der Waals surface area contributed by atoms with Crippen LogP contribution in [-0.2, 0) is 0 Å². The van der Waals surface area contributed by atoms with Crippen molar-refractivity contribution in [2.75, 3.05) is 6.61 Å². The van der Waals surface area contributed by atoms with E-state index in [1.807, 2.05) is 6.07 Å². The molecule has 0 aliphatic heterocycles. The fourth-order valence-corrected chi connectivity index (χ4v) is 1.40. The molecule has 1 saturated carbocycles. The molecule has 1 aromatic rings. The van der Waals surface area contributed by atoms with Gasteiger partial charge in [-0.3, -0.25) is 10.1 Å². The van der Waals surface area contributed by atoms with Crippen LogP contribution in [0.3, 0.4) is 0 Å². The van der Waals surface area contributed by atoms with Crippen LogP contribution in [0.25, 0.3) is 0 Å². The Balaban J connectivity index is 2.25. The Morgan fingerprint density at radius 2 is 2.31 bits per heavy atom. The van der Waals surface area contributed by atoms with Gasteiger partial charge in [-0.2, -0.15) is 5.26 Å². The van der Waals surface area contributed by atoms with Crippen molar-refractivity contribution in [2.24, 2.45) is 5.92 Å². The molecule has 0 unspecified atom stereocenters. The van der Waals surface area contributed by atoms with Gasteiger partial charge < -0.3 is 4.74 Å². The average molecular weight is 218 g/mol. The molecule has 0 bridgehead atoms. The van der Waals surface area contributed by atoms with Crippen LogP contribution in [0.5, 0.6) is 5.75 Å². The fraction of sp³-hybridized carbons (Fsp3) is 0.364. The molecule has 1 aliphatic carbocycles. The lowest BCUT2D eigenvalue weighted by atomic mass is 10.2. The van der Waals surface area contributed by atoms with Gasteiger partial charge >= 0.3 is 0 Å². The summed E-state index contributed by atoms with van der Waals surface area (Å²) in [6, 6.07) is 6.25. The number of hydrogen-bond acceptors (Lipinski definition) is 4. The van der Waals surface area contributed by atoms with E-state index in [0.29, 0.717) is 18.3 Å². The van der Waals surface area contributed by atoms with Gasteiger partial charge in [0.05, 0.1) is 11.5 Å². The number of nitriles is 1. The van der Waals surface area contributed by atoms with Gasteiger partial charge in [0, 0.05) is 6.07 Å². The van der Waals surface area contributed by atoms with Crippen molar-refractivity contribution in [3.8, 4) is 11.8 Å². The highest BCUT2D eigenvalue weighted by molar-refractivity contribution is 5.56. The van der Waals surface area contributed by atoms with Gasteiger partial charge in [-0.05, 0) is 24.8 Å². The quantitative estimate of drug-likeness (QED) is 0.573. The molecule has 0 atom stereocenters. The maximum Gasteiger partial charge on any atom is 0.290 e. The second-order valence-electron chi connectivity index (χ2n) is 3.77. The molecule has 2 rings (SSSR count). The number of rotatable bonds is 4. The van der Waals surface area contributed by atoms with Gasteiger partial charge in [0.15, 0.2) is 5.56 Å². The average Bonchev–Trinajstić information content (AvgIpc) is 3.09. The molecule has 0 N–H and O–H groups in total. The van der Waals surface area contributed by atoms with E-state index < -0.39 is 4.92 Å². The van der Waals surface area contributed by atoms with E-state index in [2.05, 4.69) is 0 Å². The summed E-state index contributed by atoms with van der Waals surface area (Å²) in [6.45, 7) is 0.538. The second-order valence-corrected chi connectivity index (χ2v) is 3.77. The maximum absolute atomic E-state index is 10.7. The van der Waals surface area contributed by atoms with Gasteiger partial charge in [0.1, 0.15) is 11.8 Å². The smallest absolute Gasteiger partial charge is 0.290 e. The van der Waals surface area contributed by atoms with Crippen LogP contribution in [0.4, 0.5) is 5.69 Å². The van der Waals surface area contributed by atoms with Crippen LogP contribution in [0.15, 0.2) is 18.2 Å². The molecule has 0 heterocycles. The summed E-state index contributed by atoms with van der Waals surface area (Å²) in [5.74, 6) is 0.856. The van der Waals surface area contributed by atoms with Crippen molar-refractivity contribution in [1.82, 2.24) is 0 Å². The van der Waals surface area contributed by atoms with Crippen molar-refractivity contribution in [2.45, 2.75) is 12.8 Å². The van der Waals surface area contributed by atoms with Gasteiger partial charge in [0.2, 0.25) is 0 Å². The standard InChI is InChI=1S/C11H10N2O3/c12-6-9-10(13(14)15)2-1-3-11(9)16-7-8-4-5-8/h1-3,8H,4-5,7H2. The molecule has 1 fully saturated rings. The summed E-state index contributed by atoms with van der Waals surface area (Å²) in [7, 11) is 0. The van der Waals surface area contributed by atoms with Crippen LogP contribution < -0.4 is 4.74 Å². The highest BCUT2D eigenvalue weighted by Gasteiger charge is 2.24. The van der Waals surface area contributed by atoms with Gasteiger partial charge in [-0.1, -0.05) is 6.07 Å². The van der Waals surface area contributed by atoms with E-state index in [9.17, 15) is 10.1 Å². The van der Waals surface area contributed by atoms with E-state index in [0.717, 1.165) is 12.8 Å². The van der Waals surface area contributed by atoms with Gasteiger partial charge in [-0.15, -0.1) is 0 Å². The first-order chi connectivity index (χ1) is 7.72. The Hall–Kier alpha value is -2.09. The minimum Gasteiger partial charge on any atom is -0.492 e. The molecule has 0 amide bonds. The normalized spacial score (nSPS) is 14.2. The summed E-state index contributed by atoms with van der Waals surface area (Å²) >= 11 is 0. The maximum atomic E-state index is 10.7. The second kappa shape index (κ2) is 4.19. The topological polar surface area (TPSA) is 76.2 Å². The Morgan fingerprint density at radius 1 is 1.56 bits per heavy atom. The predicted octanol–water partition coefficient (Wildman–Crippen LogP) is 2.26. The fourth-order valence-electron chi connectivity index (χ4n) is 1.40. The number of benzene rings is 1. The summed E-state index contributed by atoms with van der Waals surface area (Å²) < 4.78 is 5.42. The number of nitro benzene ring substituents is 1. The lowest BCUT2D eigenvalue weighted by molar-refractivity contribution is -0.385. The summed E-state index contributed by atoms with van der Waals surface area (Å²) in [5.41, 5.74) is -0.191. The SMILES string of the molecule is N#Cc1c(OCC2CC2)cccc1[N+](=O)[O-]. The van der Waals surface area contributed by atoms with Crippen molar-refractivity contribution in [3.63, 3.8) is 0 Å². The first-order valence-electron chi connectivity index (χ1n) is 5.02. The number of hydrogen-bond donors (Lipinski definition) is 0. The number of ether oxygens (including phenoxy) is 1. The third-order valence-corrected chi connectivity index (χ3v) is 2.48. The molecule has 0 aromatic heterocycles. The van der Waals surface area contributed by atoms with E-state index in [4.69, 9.17) is 10.00 Å². The Labute approximate surface area is 92.4 Å². The number of nitrogens with zero attached hydrogens (tertiary/aromatic N) is 2. The molecule has 5 nitrogen and oxygen atoms in total. The lowest BCUT2D eigenvalue weighted by Gasteiger charge is -2.06. The Morgan fingerprint density at radius 3 is 2.88 bits per heavy atom. The van der Waals surface area contributed by atoms with Gasteiger partial charge in [0.25, 0.3) is 5.69 Å². The lowest BCUT2D eigenvalue weighted by Crippen LogP contribution is -2.02. The van der Waals surface area contributed by atoms with E-state index in [1.54, 1.807) is 6.07 Å². The minimum absolute atomic E-state index is 0.00755. The van der Waals surface area contributed by atoms with Crippen LogP contribution >= 0.6 is 0 Å². The third-order valence-electron chi connectivity index (χ3n) is 2.48. The minimum atomic E-state index is -0.567. The first kappa shape index (κ1) is 10.4. The van der Waals surface area contributed by atoms with Crippen LogP contribution in [0.2, 0.25) is 0 Å². The molecule has 0 radical (unpaired) electrons. The molecule has 1 aromatic carbocycles. The van der Waals surface area contributed by atoms with E-state index in [1.165, 1.54) is 12.1 Å². The zero-order chi connectivity index (χ0) is 11.5. The zero-order valence-electron chi connectivity index (χ0n) is 8.55. The third kappa shape index (κ3) is 2.11. The highest BCUT2D eigenvalue weighted by Crippen LogP contribution is 2.32. The molecule has 0 saturated heterocycles. The van der Waals surface area contributed by atoms with Crippen LogP contribution in [0.1, 0.15) is 18.4 Å². The van der Waals surface area contributed by atoms with E-state index in [-0.39, 0.29) is 11.3 Å². The monoisotopic (exact) mass is 218 g/mol. The molecule has 1 aliphatic rings. The summed E-state index contributed by atoms with van der Waals surface area (Å²) in [4.78, 5) is 10.1. The Bertz CT molecular complexity index is 461. The number of nitro groups is 1. The predicted molar refractivity (Wildman–Crippen MR) is 56.0 cm³/mol. The molecule has 16 heavy (non-hydrogen) atoms. The molecule has 82 valence electrons. The summed E-state index contributed by atoms with van der Waals surface area (Å²) in [6.07, 6.45) is 2.27. The molecule has 0 spiro atoms. The Kier molecular flexibility index (Phi) is 2.73. The van der Waals surface area contributed by atoms with Crippen molar-refractivity contribution in [3.05, 3.63) is 33.9 Å².